The molecule has 140 valence electrons. The predicted octanol–water partition coefficient (Wildman–Crippen LogP) is 4.11. The summed E-state index contributed by atoms with van der Waals surface area (Å²) in [6.45, 7) is 4.57. The maximum Gasteiger partial charge on any atom is 0.255 e. The van der Waals surface area contributed by atoms with Crippen LogP contribution >= 0.6 is 0 Å². The molecule has 1 saturated heterocycles. The Morgan fingerprint density at radius 2 is 1.92 bits per heavy atom. The Morgan fingerprint density at radius 1 is 1.19 bits per heavy atom. The maximum atomic E-state index is 13.0. The van der Waals surface area contributed by atoms with Crippen molar-refractivity contribution in [3.8, 4) is 5.75 Å². The van der Waals surface area contributed by atoms with E-state index in [1.165, 1.54) is 32.1 Å². The highest BCUT2D eigenvalue weighted by molar-refractivity contribution is 6.09. The number of aromatic hydroxyl groups is 1. The number of furan rings is 1. The van der Waals surface area contributed by atoms with Gasteiger partial charge in [0.25, 0.3) is 5.91 Å². The number of likely N-dealkylation sites (tertiary alicyclic amines) is 1. The summed E-state index contributed by atoms with van der Waals surface area (Å²) in [5, 5.41) is 14.5. The van der Waals surface area contributed by atoms with Gasteiger partial charge in [-0.3, -0.25) is 9.69 Å². The van der Waals surface area contributed by atoms with Crippen LogP contribution in [0.2, 0.25) is 0 Å². The van der Waals surface area contributed by atoms with Gasteiger partial charge in [0.05, 0.1) is 5.56 Å². The molecule has 1 aromatic carbocycles. The Morgan fingerprint density at radius 3 is 2.65 bits per heavy atom. The van der Waals surface area contributed by atoms with Gasteiger partial charge in [0.15, 0.2) is 0 Å². The molecule has 2 heterocycles. The first-order valence-electron chi connectivity index (χ1n) is 9.90. The Kier molecular flexibility index (Phi) is 4.90. The molecular weight excluding hydrogens is 328 g/mol. The number of amides is 1. The van der Waals surface area contributed by atoms with Gasteiger partial charge in [0, 0.05) is 23.5 Å². The molecule has 0 radical (unpaired) electrons. The molecule has 2 aliphatic rings. The van der Waals surface area contributed by atoms with Crippen molar-refractivity contribution in [2.24, 2.45) is 0 Å². The van der Waals surface area contributed by atoms with Gasteiger partial charge in [-0.05, 0) is 57.8 Å². The Labute approximate surface area is 154 Å². The summed E-state index contributed by atoms with van der Waals surface area (Å²) >= 11 is 0. The quantitative estimate of drug-likeness (QED) is 0.865. The fourth-order valence-corrected chi connectivity index (χ4v) is 4.47. The summed E-state index contributed by atoms with van der Waals surface area (Å²) in [4.78, 5) is 15.4. The topological polar surface area (TPSA) is 65.7 Å². The molecule has 0 atom stereocenters. The van der Waals surface area contributed by atoms with E-state index < -0.39 is 0 Å². The third-order valence-corrected chi connectivity index (χ3v) is 5.86. The van der Waals surface area contributed by atoms with Gasteiger partial charge in [-0.25, -0.2) is 0 Å². The lowest BCUT2D eigenvalue weighted by Gasteiger charge is -2.23. The zero-order valence-corrected chi connectivity index (χ0v) is 15.5. The van der Waals surface area contributed by atoms with E-state index in [0.29, 0.717) is 23.5 Å². The molecule has 0 bridgehead atoms. The first kappa shape index (κ1) is 17.4. The Balaban J connectivity index is 1.69. The molecule has 5 heteroatoms. The molecule has 1 saturated carbocycles. The van der Waals surface area contributed by atoms with E-state index in [-0.39, 0.29) is 17.7 Å². The summed E-state index contributed by atoms with van der Waals surface area (Å²) in [5.41, 5.74) is 2.09. The lowest BCUT2D eigenvalue weighted by atomic mass is 9.95. The number of hydrogen-bond acceptors (Lipinski definition) is 4. The second-order valence-electron chi connectivity index (χ2n) is 7.76. The largest absolute Gasteiger partial charge is 0.508 e. The number of fused-ring (bicyclic) bond motifs is 1. The van der Waals surface area contributed by atoms with Crippen LogP contribution in [0.4, 0.5) is 0 Å². The third kappa shape index (κ3) is 3.32. The lowest BCUT2D eigenvalue weighted by molar-refractivity contribution is 0.0927. The van der Waals surface area contributed by atoms with Crippen molar-refractivity contribution in [3.05, 3.63) is 29.0 Å². The number of carbonyl (C=O) groups is 1. The van der Waals surface area contributed by atoms with Crippen LogP contribution < -0.4 is 5.32 Å². The minimum Gasteiger partial charge on any atom is -0.508 e. The highest BCUT2D eigenvalue weighted by atomic mass is 16.3. The monoisotopic (exact) mass is 356 g/mol. The SMILES string of the molecule is Cc1oc2ccc(O)c(CN3CCCC3)c2c1C(=O)NC1CCCCC1. The zero-order valence-electron chi connectivity index (χ0n) is 15.5. The number of nitrogens with one attached hydrogen (secondary N) is 1. The standard InChI is InChI=1S/C21H28N2O3/c1-14-19(21(25)22-15-7-3-2-4-8-15)20-16(13-23-11-5-6-12-23)17(24)9-10-18(20)26-14/h9-10,15,24H,2-8,11-13H2,1H3,(H,22,25). The fraction of sp³-hybridized carbons (Fsp3) is 0.571. The number of benzene rings is 1. The molecule has 5 nitrogen and oxygen atoms in total. The molecule has 0 spiro atoms. The molecule has 4 rings (SSSR count). The van der Waals surface area contributed by atoms with Crippen molar-refractivity contribution >= 4 is 16.9 Å². The second-order valence-corrected chi connectivity index (χ2v) is 7.76. The molecule has 2 aromatic rings. The van der Waals surface area contributed by atoms with Crippen LogP contribution in [0.25, 0.3) is 11.0 Å². The lowest BCUT2D eigenvalue weighted by Crippen LogP contribution is -2.36. The molecule has 0 unspecified atom stereocenters. The van der Waals surface area contributed by atoms with Gasteiger partial charge in [0.2, 0.25) is 0 Å². The predicted molar refractivity (Wildman–Crippen MR) is 101 cm³/mol. The van der Waals surface area contributed by atoms with E-state index in [1.807, 2.05) is 6.92 Å². The number of nitrogens with zero attached hydrogens (tertiary/aromatic N) is 1. The van der Waals surface area contributed by atoms with E-state index in [9.17, 15) is 9.90 Å². The van der Waals surface area contributed by atoms with Crippen LogP contribution in [-0.4, -0.2) is 35.0 Å². The van der Waals surface area contributed by atoms with Crippen LogP contribution in [0, 0.1) is 6.92 Å². The summed E-state index contributed by atoms with van der Waals surface area (Å²) in [5.74, 6) is 0.805. The van der Waals surface area contributed by atoms with E-state index in [0.717, 1.165) is 36.9 Å². The van der Waals surface area contributed by atoms with Crippen LogP contribution in [0.3, 0.4) is 0 Å². The first-order chi connectivity index (χ1) is 12.6. The molecule has 1 amide bonds. The van der Waals surface area contributed by atoms with E-state index >= 15 is 0 Å². The second kappa shape index (κ2) is 7.31. The van der Waals surface area contributed by atoms with E-state index in [1.54, 1.807) is 12.1 Å². The normalized spacial score (nSPS) is 19.3. The number of hydrogen-bond donors (Lipinski definition) is 2. The molecule has 2 N–H and O–H groups in total. The zero-order chi connectivity index (χ0) is 18.1. The minimum absolute atomic E-state index is 0.0681. The number of phenols is 1. The molecule has 1 aromatic heterocycles. The van der Waals surface area contributed by atoms with Crippen LogP contribution in [0.1, 0.15) is 66.6 Å². The van der Waals surface area contributed by atoms with E-state index in [4.69, 9.17) is 4.42 Å². The van der Waals surface area contributed by atoms with Crippen molar-refractivity contribution in [1.82, 2.24) is 10.2 Å². The molecule has 26 heavy (non-hydrogen) atoms. The minimum atomic E-state index is -0.0681. The van der Waals surface area contributed by atoms with Gasteiger partial charge in [0.1, 0.15) is 17.1 Å². The Bertz CT molecular complexity index is 799. The van der Waals surface area contributed by atoms with Crippen molar-refractivity contribution in [1.29, 1.82) is 0 Å². The average Bonchev–Trinajstić information content (AvgIpc) is 3.25. The number of carbonyl (C=O) groups excluding carboxylic acids is 1. The highest BCUT2D eigenvalue weighted by Gasteiger charge is 2.26. The van der Waals surface area contributed by atoms with Crippen molar-refractivity contribution in [3.63, 3.8) is 0 Å². The van der Waals surface area contributed by atoms with Gasteiger partial charge in [-0.15, -0.1) is 0 Å². The fourth-order valence-electron chi connectivity index (χ4n) is 4.47. The summed E-state index contributed by atoms with van der Waals surface area (Å²) in [6, 6.07) is 3.70. The summed E-state index contributed by atoms with van der Waals surface area (Å²) in [7, 11) is 0. The molecule has 2 fully saturated rings. The summed E-state index contributed by atoms with van der Waals surface area (Å²) < 4.78 is 5.88. The van der Waals surface area contributed by atoms with E-state index in [2.05, 4.69) is 10.2 Å². The van der Waals surface area contributed by atoms with Crippen molar-refractivity contribution < 1.29 is 14.3 Å². The van der Waals surface area contributed by atoms with Gasteiger partial charge in [-0.1, -0.05) is 19.3 Å². The van der Waals surface area contributed by atoms with Gasteiger partial charge >= 0.3 is 0 Å². The van der Waals surface area contributed by atoms with Crippen molar-refractivity contribution in [2.75, 3.05) is 13.1 Å². The van der Waals surface area contributed by atoms with Crippen LogP contribution in [0.5, 0.6) is 5.75 Å². The molecule has 1 aliphatic carbocycles. The average molecular weight is 356 g/mol. The molecule has 1 aliphatic heterocycles. The number of aryl methyl sites for hydroxylation is 1. The maximum absolute atomic E-state index is 13.0. The Hall–Kier alpha value is -2.01. The van der Waals surface area contributed by atoms with Gasteiger partial charge in [-0.2, -0.15) is 0 Å². The highest BCUT2D eigenvalue weighted by Crippen LogP contribution is 2.35. The van der Waals surface area contributed by atoms with Crippen LogP contribution in [0.15, 0.2) is 16.5 Å². The number of rotatable bonds is 4. The van der Waals surface area contributed by atoms with Crippen molar-refractivity contribution in [2.45, 2.75) is 64.5 Å². The molecular formula is C21H28N2O3. The van der Waals surface area contributed by atoms with Crippen LogP contribution in [-0.2, 0) is 6.54 Å². The number of phenolic OH excluding ortho intramolecular Hbond substituents is 1. The summed E-state index contributed by atoms with van der Waals surface area (Å²) in [6.07, 6.45) is 8.09. The first-order valence-corrected chi connectivity index (χ1v) is 9.90. The smallest absolute Gasteiger partial charge is 0.255 e. The third-order valence-electron chi connectivity index (χ3n) is 5.86. The van der Waals surface area contributed by atoms with Gasteiger partial charge < -0.3 is 14.8 Å².